The highest BCUT2D eigenvalue weighted by atomic mass is 32.2. The Morgan fingerprint density at radius 3 is 2.22 bits per heavy atom. The molecular formula is C48H80N6O12S2. The van der Waals surface area contributed by atoms with E-state index in [0.29, 0.717) is 103 Å². The van der Waals surface area contributed by atoms with Gasteiger partial charge >= 0.3 is 5.97 Å². The molecule has 68 heavy (non-hydrogen) atoms. The molecule has 0 fully saturated rings. The number of unbranched alkanes of at least 4 members (excludes halogenated alkanes) is 1. The van der Waals surface area contributed by atoms with Crippen molar-refractivity contribution in [3.05, 3.63) is 45.9 Å². The summed E-state index contributed by atoms with van der Waals surface area (Å²) in [5.74, 6) is -0.950. The Labute approximate surface area is 412 Å². The van der Waals surface area contributed by atoms with Gasteiger partial charge < -0.3 is 49.2 Å². The van der Waals surface area contributed by atoms with Crippen molar-refractivity contribution in [3.8, 4) is 5.75 Å². The lowest BCUT2D eigenvalue weighted by molar-refractivity contribution is -0.192. The fourth-order valence-electron chi connectivity index (χ4n) is 6.92. The van der Waals surface area contributed by atoms with Gasteiger partial charge in [-0.05, 0) is 81.6 Å². The van der Waals surface area contributed by atoms with Crippen LogP contribution in [0.1, 0.15) is 132 Å². The predicted molar refractivity (Wildman–Crippen MR) is 264 cm³/mol. The number of amides is 3. The molecule has 0 aliphatic heterocycles. The molecule has 0 saturated carbocycles. The van der Waals surface area contributed by atoms with Gasteiger partial charge in [-0.3, -0.25) is 18.6 Å². The summed E-state index contributed by atoms with van der Waals surface area (Å²) in [6.07, 6.45) is 7.09. The molecule has 0 spiro atoms. The van der Waals surface area contributed by atoms with Crippen LogP contribution in [-0.4, -0.2) is 148 Å². The number of hydrogen-bond donors (Lipinski definition) is 4. The van der Waals surface area contributed by atoms with Gasteiger partial charge in [-0.2, -0.15) is 5.06 Å². The van der Waals surface area contributed by atoms with E-state index in [-0.39, 0.29) is 61.8 Å². The third-order valence-corrected chi connectivity index (χ3v) is 12.0. The highest BCUT2D eigenvalue weighted by molar-refractivity contribution is 7.92. The van der Waals surface area contributed by atoms with Crippen LogP contribution in [0.5, 0.6) is 5.75 Å². The largest absolute Gasteiger partial charge is 0.508 e. The van der Waals surface area contributed by atoms with Crippen molar-refractivity contribution in [2.75, 3.05) is 86.1 Å². The minimum Gasteiger partial charge on any atom is -0.508 e. The first kappa shape index (κ1) is 60.4. The molecule has 4 N–H and O–H groups in total. The van der Waals surface area contributed by atoms with Gasteiger partial charge in [0.15, 0.2) is 0 Å². The molecule has 1 heterocycles. The Balaban J connectivity index is 1.66. The van der Waals surface area contributed by atoms with Crippen LogP contribution in [0.4, 0.5) is 0 Å². The Morgan fingerprint density at radius 2 is 1.56 bits per heavy atom. The van der Waals surface area contributed by atoms with Crippen LogP contribution in [0.2, 0.25) is 0 Å². The Kier molecular flexibility index (Phi) is 33.8. The van der Waals surface area contributed by atoms with Crippen molar-refractivity contribution in [3.63, 3.8) is 0 Å². The zero-order valence-corrected chi connectivity index (χ0v) is 43.0. The van der Waals surface area contributed by atoms with Crippen LogP contribution in [0.25, 0.3) is 0 Å². The van der Waals surface area contributed by atoms with Gasteiger partial charge in [0.25, 0.3) is 11.8 Å². The second kappa shape index (κ2) is 38.1. The highest BCUT2D eigenvalue weighted by Gasteiger charge is 2.29. The van der Waals surface area contributed by atoms with E-state index < -0.39 is 11.9 Å². The first-order valence-corrected chi connectivity index (χ1v) is 25.9. The molecule has 2 rings (SSSR count). The summed E-state index contributed by atoms with van der Waals surface area (Å²) < 4.78 is 31.8. The maximum Gasteiger partial charge on any atom is 0.332 e. The van der Waals surface area contributed by atoms with Gasteiger partial charge in [-0.1, -0.05) is 53.2 Å². The number of benzene rings is 1. The maximum absolute atomic E-state index is 13.7. The Hall–Kier alpha value is -3.73. The molecule has 0 bridgehead atoms. The standard InChI is InChI=1S/C48H80N6O12S2/c1-7-10-24-54(23-8-2)42(37(4)5)35-43(64-26-9-3)48-52-41(36-67-48)47(60)51-39(34-38-16-18-40(56)19-17-38)20-21-50-68-65-33-32-63-31-30-62-29-28-61-27-22-49-44(57)13-11-15-46(59)66-53(6)45(58)14-12-25-55/h16-19,25,36-37,39,42-43,50,56H,7-15,20-24,26-35H2,1-6H3,(H,49,57)(H,51,60)/t39-,42?,43-/m1/s1. The number of phenolic OH excluding ortho intramolecular Hbond substituents is 1. The van der Waals surface area contributed by atoms with Crippen LogP contribution >= 0.6 is 23.6 Å². The number of aldehydes is 1. The average molecular weight is 997 g/mol. The number of phenols is 1. The van der Waals surface area contributed by atoms with Gasteiger partial charge in [0.05, 0.1) is 58.5 Å². The molecule has 386 valence electrons. The van der Waals surface area contributed by atoms with Gasteiger partial charge in [-0.15, -0.1) is 11.3 Å². The number of carbonyl (C=O) groups excluding carboxylic acids is 5. The number of aromatic hydroxyl groups is 1. The topological polar surface area (TPSA) is 216 Å². The van der Waals surface area contributed by atoms with E-state index >= 15 is 0 Å². The fraction of sp³-hybridized carbons (Fsp3) is 0.708. The molecule has 3 amide bonds. The fourth-order valence-corrected chi connectivity index (χ4v) is 8.22. The number of thiazole rings is 1. The van der Waals surface area contributed by atoms with Crippen LogP contribution in [0.3, 0.4) is 0 Å². The third kappa shape index (κ3) is 27.5. The van der Waals surface area contributed by atoms with Gasteiger partial charge in [0.2, 0.25) is 5.91 Å². The number of carbonyl (C=O) groups is 5. The Morgan fingerprint density at radius 1 is 0.853 bits per heavy atom. The average Bonchev–Trinajstić information content (AvgIpc) is 3.82. The van der Waals surface area contributed by atoms with Gasteiger partial charge in [0, 0.05) is 69.9 Å². The van der Waals surface area contributed by atoms with E-state index in [0.717, 1.165) is 73.1 Å². The molecule has 2 aromatic rings. The summed E-state index contributed by atoms with van der Waals surface area (Å²) in [5.41, 5.74) is 1.37. The lowest BCUT2D eigenvalue weighted by Crippen LogP contribution is -2.41. The molecule has 0 aliphatic rings. The lowest BCUT2D eigenvalue weighted by Gasteiger charge is -2.36. The molecule has 18 nitrogen and oxygen atoms in total. The summed E-state index contributed by atoms with van der Waals surface area (Å²) in [6.45, 7) is 17.3. The number of hydroxylamine groups is 2. The smallest absolute Gasteiger partial charge is 0.332 e. The summed E-state index contributed by atoms with van der Waals surface area (Å²) in [6, 6.07) is 7.14. The first-order chi connectivity index (χ1) is 32.9. The lowest BCUT2D eigenvalue weighted by atomic mass is 9.95. The van der Waals surface area contributed by atoms with Crippen LogP contribution in [0, 0.1) is 5.92 Å². The summed E-state index contributed by atoms with van der Waals surface area (Å²) in [4.78, 5) is 72.0. The van der Waals surface area contributed by atoms with E-state index in [1.165, 1.54) is 18.4 Å². The number of nitrogens with zero attached hydrogens (tertiary/aromatic N) is 3. The molecular weight excluding hydrogens is 917 g/mol. The zero-order chi connectivity index (χ0) is 49.8. The van der Waals surface area contributed by atoms with E-state index in [1.54, 1.807) is 12.1 Å². The second-order valence-electron chi connectivity index (χ2n) is 16.6. The normalized spacial score (nSPS) is 12.8. The minimum atomic E-state index is -0.634. The van der Waals surface area contributed by atoms with E-state index in [1.807, 2.05) is 17.5 Å². The van der Waals surface area contributed by atoms with Crippen molar-refractivity contribution in [1.29, 1.82) is 0 Å². The van der Waals surface area contributed by atoms with Crippen molar-refractivity contribution in [2.45, 2.75) is 130 Å². The number of aromatic nitrogens is 1. The number of rotatable bonds is 41. The van der Waals surface area contributed by atoms with Crippen LogP contribution in [-0.2, 0) is 53.6 Å². The van der Waals surface area contributed by atoms with Gasteiger partial charge in [0.1, 0.15) is 28.8 Å². The molecule has 0 saturated heterocycles. The predicted octanol–water partition coefficient (Wildman–Crippen LogP) is 6.38. The third-order valence-electron chi connectivity index (χ3n) is 10.5. The molecule has 20 heteroatoms. The Bertz CT molecular complexity index is 1670. The first-order valence-electron chi connectivity index (χ1n) is 24.2. The van der Waals surface area contributed by atoms with Crippen molar-refractivity contribution in [2.24, 2.45) is 5.92 Å². The van der Waals surface area contributed by atoms with Crippen LogP contribution in [0.15, 0.2) is 29.6 Å². The molecule has 1 aromatic carbocycles. The van der Waals surface area contributed by atoms with E-state index in [2.05, 4.69) is 54.9 Å². The van der Waals surface area contributed by atoms with Gasteiger partial charge in [-0.25, -0.2) is 14.5 Å². The second-order valence-corrected chi connectivity index (χ2v) is 18.2. The quantitative estimate of drug-likeness (QED) is 0.0187. The molecule has 1 aromatic heterocycles. The number of nitrogens with one attached hydrogen (secondary N) is 3. The summed E-state index contributed by atoms with van der Waals surface area (Å²) >= 11 is 2.61. The van der Waals surface area contributed by atoms with Crippen molar-refractivity contribution < 1.29 is 57.0 Å². The molecule has 1 unspecified atom stereocenters. The van der Waals surface area contributed by atoms with Crippen LogP contribution < -0.4 is 15.4 Å². The zero-order valence-electron chi connectivity index (χ0n) is 41.3. The number of hydrogen-bond acceptors (Lipinski definition) is 17. The highest BCUT2D eigenvalue weighted by Crippen LogP contribution is 2.31. The molecule has 0 aliphatic carbocycles. The monoisotopic (exact) mass is 997 g/mol. The summed E-state index contributed by atoms with van der Waals surface area (Å²) in [7, 11) is 1.30. The molecule has 0 radical (unpaired) electrons. The van der Waals surface area contributed by atoms with Crippen molar-refractivity contribution >= 4 is 53.5 Å². The van der Waals surface area contributed by atoms with Crippen molar-refractivity contribution in [1.82, 2.24) is 30.3 Å². The minimum absolute atomic E-state index is 0.0290. The maximum atomic E-state index is 13.7. The number of ether oxygens (including phenoxy) is 4. The van der Waals surface area contributed by atoms with E-state index in [4.69, 9.17) is 33.0 Å². The SMILES string of the molecule is CCCCN(CCC)C(C[C@@H](OCCC)c1nc(C(=O)N[C@H](CCNSOCCOCCOCCOCCNC(=O)CCCC(=O)ON(C)C(=O)CCC=O)Cc2ccc(O)cc2)cs1)C(C)C. The van der Waals surface area contributed by atoms with E-state index in [9.17, 15) is 29.1 Å². The summed E-state index contributed by atoms with van der Waals surface area (Å²) in [5, 5.41) is 19.2. The molecule has 3 atom stereocenters.